The highest BCUT2D eigenvalue weighted by Crippen LogP contribution is 2.39. The van der Waals surface area contributed by atoms with Gasteiger partial charge in [-0.2, -0.15) is 0 Å². The zero-order chi connectivity index (χ0) is 22.0. The van der Waals surface area contributed by atoms with Crippen molar-refractivity contribution in [1.82, 2.24) is 4.90 Å². The fourth-order valence-electron chi connectivity index (χ4n) is 4.47. The number of benzene rings is 2. The predicted octanol–water partition coefficient (Wildman–Crippen LogP) is 3.97. The highest BCUT2D eigenvalue weighted by molar-refractivity contribution is 6.23. The van der Waals surface area contributed by atoms with Gasteiger partial charge >= 0.3 is 0 Å². The molecule has 1 fully saturated rings. The maximum atomic E-state index is 13.2. The first-order valence-corrected chi connectivity index (χ1v) is 10.6. The molecule has 1 heterocycles. The van der Waals surface area contributed by atoms with E-state index in [9.17, 15) is 9.59 Å². The zero-order valence-electron chi connectivity index (χ0n) is 17.9. The quantitative estimate of drug-likeness (QED) is 0.509. The van der Waals surface area contributed by atoms with Crippen LogP contribution in [-0.2, 0) is 4.74 Å². The number of anilines is 1. The molecule has 1 atom stereocenters. The van der Waals surface area contributed by atoms with E-state index in [1.807, 2.05) is 18.2 Å². The third-order valence-corrected chi connectivity index (χ3v) is 6.05. The van der Waals surface area contributed by atoms with Crippen LogP contribution < -0.4 is 15.2 Å². The molecule has 2 amide bonds. The number of amides is 2. The molecule has 0 aromatic heterocycles. The number of rotatable bonds is 8. The Labute approximate surface area is 182 Å². The number of carbonyl (C=O) groups excluding carboxylic acids is 2. The molecule has 2 N–H and O–H groups in total. The Hall–Kier alpha value is -3.06. The van der Waals surface area contributed by atoms with Gasteiger partial charge in [0.05, 0.1) is 30.4 Å². The van der Waals surface area contributed by atoms with Crippen LogP contribution >= 0.6 is 0 Å². The molecule has 7 heteroatoms. The monoisotopic (exact) mass is 424 g/mol. The molecule has 0 saturated heterocycles. The van der Waals surface area contributed by atoms with Gasteiger partial charge in [-0.1, -0.05) is 12.1 Å². The number of nitrogens with two attached hydrogens (primary N) is 1. The van der Waals surface area contributed by atoms with Crippen molar-refractivity contribution in [3.8, 4) is 11.5 Å². The Balaban J connectivity index is 1.71. The first-order chi connectivity index (χ1) is 15.0. The van der Waals surface area contributed by atoms with Gasteiger partial charge in [-0.25, -0.2) is 0 Å². The summed E-state index contributed by atoms with van der Waals surface area (Å²) in [5, 5.41) is 0. The third-order valence-electron chi connectivity index (χ3n) is 6.05. The van der Waals surface area contributed by atoms with Crippen LogP contribution in [-0.4, -0.2) is 43.6 Å². The molecule has 1 saturated carbocycles. The topological polar surface area (TPSA) is 91.1 Å². The number of fused-ring (bicyclic) bond motifs is 1. The first-order valence-electron chi connectivity index (χ1n) is 10.6. The molecular formula is C24H28N2O5. The second-order valence-electron chi connectivity index (χ2n) is 7.98. The molecule has 0 bridgehead atoms. The average Bonchev–Trinajstić information content (AvgIpc) is 3.37. The molecule has 1 aliphatic heterocycles. The molecule has 0 spiro atoms. The summed E-state index contributed by atoms with van der Waals surface area (Å²) in [6, 6.07) is 10.0. The van der Waals surface area contributed by atoms with Crippen molar-refractivity contribution in [3.63, 3.8) is 0 Å². The van der Waals surface area contributed by atoms with Crippen LogP contribution in [0.2, 0.25) is 0 Å². The smallest absolute Gasteiger partial charge is 0.264 e. The van der Waals surface area contributed by atoms with Gasteiger partial charge in [0.2, 0.25) is 0 Å². The second kappa shape index (κ2) is 8.98. The second-order valence-corrected chi connectivity index (χ2v) is 7.98. The van der Waals surface area contributed by atoms with Crippen LogP contribution in [0.15, 0.2) is 36.4 Å². The number of carbonyl (C=O) groups is 2. The summed E-state index contributed by atoms with van der Waals surface area (Å²) < 4.78 is 17.0. The lowest BCUT2D eigenvalue weighted by molar-refractivity contribution is 0.0545. The van der Waals surface area contributed by atoms with E-state index >= 15 is 0 Å². The highest BCUT2D eigenvalue weighted by Gasteiger charge is 2.41. The summed E-state index contributed by atoms with van der Waals surface area (Å²) in [6.07, 6.45) is 4.94. The molecule has 1 unspecified atom stereocenters. The van der Waals surface area contributed by atoms with Gasteiger partial charge in [0, 0.05) is 19.4 Å². The number of nitrogens with zero attached hydrogens (tertiary/aromatic N) is 1. The van der Waals surface area contributed by atoms with Crippen molar-refractivity contribution in [2.45, 2.75) is 44.2 Å². The fourth-order valence-corrected chi connectivity index (χ4v) is 4.47. The van der Waals surface area contributed by atoms with Crippen LogP contribution in [0.1, 0.15) is 64.4 Å². The van der Waals surface area contributed by atoms with E-state index in [0.717, 1.165) is 31.2 Å². The molecule has 31 heavy (non-hydrogen) atoms. The average molecular weight is 424 g/mol. The summed E-state index contributed by atoms with van der Waals surface area (Å²) >= 11 is 0. The van der Waals surface area contributed by atoms with E-state index in [0.29, 0.717) is 35.8 Å². The van der Waals surface area contributed by atoms with Crippen LogP contribution in [0.5, 0.6) is 11.5 Å². The standard InChI is InChI=1S/C24H28N2O5/c1-29-13-12-19(26-23(27)17-8-5-9-18(25)22(17)24(26)28)15-10-11-20(30-2)21(14-15)31-16-6-3-4-7-16/h5,8-11,14,16,19H,3-4,6-7,12-13,25H2,1-2H3. The van der Waals surface area contributed by atoms with Gasteiger partial charge in [0.1, 0.15) is 0 Å². The SMILES string of the molecule is COCCC(c1ccc(OC)c(OC2CCCC2)c1)N1C(=O)c2cccc(N)c2C1=O. The summed E-state index contributed by atoms with van der Waals surface area (Å²) in [5.74, 6) is 0.536. The molecule has 2 aliphatic rings. The number of hydrogen-bond acceptors (Lipinski definition) is 6. The van der Waals surface area contributed by atoms with Crippen LogP contribution in [0.25, 0.3) is 0 Å². The van der Waals surface area contributed by atoms with Crippen LogP contribution in [0.4, 0.5) is 5.69 Å². The van der Waals surface area contributed by atoms with Crippen molar-refractivity contribution in [3.05, 3.63) is 53.1 Å². The summed E-state index contributed by atoms with van der Waals surface area (Å²) in [4.78, 5) is 27.7. The van der Waals surface area contributed by atoms with Gasteiger partial charge in [-0.3, -0.25) is 14.5 Å². The third kappa shape index (κ3) is 3.97. The van der Waals surface area contributed by atoms with E-state index in [1.165, 1.54) is 4.90 Å². The molecule has 4 rings (SSSR count). The largest absolute Gasteiger partial charge is 0.493 e. The van der Waals surface area contributed by atoms with Crippen molar-refractivity contribution in [2.75, 3.05) is 26.6 Å². The first kappa shape index (κ1) is 21.2. The van der Waals surface area contributed by atoms with Gasteiger partial charge in [0.15, 0.2) is 11.5 Å². The Morgan fingerprint density at radius 2 is 1.84 bits per heavy atom. The Morgan fingerprint density at radius 1 is 1.06 bits per heavy atom. The van der Waals surface area contributed by atoms with Crippen molar-refractivity contribution in [2.24, 2.45) is 0 Å². The lowest BCUT2D eigenvalue weighted by Crippen LogP contribution is -2.35. The normalized spacial score (nSPS) is 17.2. The van der Waals surface area contributed by atoms with E-state index in [1.54, 1.807) is 32.4 Å². The van der Waals surface area contributed by atoms with E-state index in [2.05, 4.69) is 0 Å². The molecule has 0 radical (unpaired) electrons. The number of hydrogen-bond donors (Lipinski definition) is 1. The molecule has 2 aromatic carbocycles. The van der Waals surface area contributed by atoms with Gasteiger partial charge < -0.3 is 19.9 Å². The van der Waals surface area contributed by atoms with Gasteiger partial charge in [-0.15, -0.1) is 0 Å². The predicted molar refractivity (Wildman–Crippen MR) is 116 cm³/mol. The summed E-state index contributed by atoms with van der Waals surface area (Å²) in [5.41, 5.74) is 7.72. The maximum Gasteiger partial charge on any atom is 0.264 e. The lowest BCUT2D eigenvalue weighted by Gasteiger charge is -2.27. The van der Waals surface area contributed by atoms with E-state index in [-0.39, 0.29) is 23.5 Å². The molecule has 1 aliphatic carbocycles. The van der Waals surface area contributed by atoms with Crippen molar-refractivity contribution < 1.29 is 23.8 Å². The Bertz CT molecular complexity index is 984. The van der Waals surface area contributed by atoms with Gasteiger partial charge in [-0.05, 0) is 61.9 Å². The molecule has 164 valence electrons. The summed E-state index contributed by atoms with van der Waals surface area (Å²) in [6.45, 7) is 0.387. The number of nitrogen functional groups attached to an aromatic ring is 1. The fraction of sp³-hybridized carbons (Fsp3) is 0.417. The molecule has 7 nitrogen and oxygen atoms in total. The minimum atomic E-state index is -0.511. The minimum Gasteiger partial charge on any atom is -0.493 e. The Kier molecular flexibility index (Phi) is 6.13. The zero-order valence-corrected chi connectivity index (χ0v) is 17.9. The lowest BCUT2D eigenvalue weighted by atomic mass is 10.0. The van der Waals surface area contributed by atoms with Crippen molar-refractivity contribution in [1.29, 1.82) is 0 Å². The maximum absolute atomic E-state index is 13.2. The van der Waals surface area contributed by atoms with Crippen molar-refractivity contribution >= 4 is 17.5 Å². The number of imide groups is 1. The van der Waals surface area contributed by atoms with E-state index in [4.69, 9.17) is 19.9 Å². The number of methoxy groups -OCH3 is 2. The summed E-state index contributed by atoms with van der Waals surface area (Å²) in [7, 11) is 3.20. The Morgan fingerprint density at radius 3 is 2.52 bits per heavy atom. The van der Waals surface area contributed by atoms with Crippen LogP contribution in [0.3, 0.4) is 0 Å². The highest BCUT2D eigenvalue weighted by atomic mass is 16.5. The van der Waals surface area contributed by atoms with E-state index < -0.39 is 6.04 Å². The van der Waals surface area contributed by atoms with Crippen LogP contribution in [0, 0.1) is 0 Å². The minimum absolute atomic E-state index is 0.153. The van der Waals surface area contributed by atoms with Gasteiger partial charge in [0.25, 0.3) is 11.8 Å². The molecule has 2 aromatic rings. The molecular weight excluding hydrogens is 396 g/mol. The number of ether oxygens (including phenoxy) is 3.